The summed E-state index contributed by atoms with van der Waals surface area (Å²) in [6, 6.07) is 7.96. The van der Waals surface area contributed by atoms with Gasteiger partial charge in [0, 0.05) is 19.1 Å². The first-order valence-electron chi connectivity index (χ1n) is 11.5. The van der Waals surface area contributed by atoms with Gasteiger partial charge in [-0.25, -0.2) is 17.8 Å². The molecule has 1 aliphatic heterocycles. The van der Waals surface area contributed by atoms with Gasteiger partial charge in [0.15, 0.2) is 5.82 Å². The van der Waals surface area contributed by atoms with E-state index in [-0.39, 0.29) is 35.6 Å². The number of fused-ring (bicyclic) bond motifs is 1. The molecule has 0 fully saturated rings. The maximum absolute atomic E-state index is 14.8. The van der Waals surface area contributed by atoms with Gasteiger partial charge in [0.25, 0.3) is 5.91 Å². The Kier molecular flexibility index (Phi) is 7.00. The van der Waals surface area contributed by atoms with E-state index in [0.717, 1.165) is 0 Å². The molecule has 4 rings (SSSR count). The lowest BCUT2D eigenvalue weighted by atomic mass is 9.97. The molecular weight excluding hydrogens is 471 g/mol. The number of sulfonamides is 1. The van der Waals surface area contributed by atoms with E-state index in [0.29, 0.717) is 35.6 Å². The maximum Gasteiger partial charge on any atom is 0.259 e. The number of carbonyl (C=O) groups excluding carboxylic acids is 1. The second-order valence-corrected chi connectivity index (χ2v) is 11.4. The number of amides is 1. The first-order chi connectivity index (χ1) is 16.5. The highest BCUT2D eigenvalue weighted by molar-refractivity contribution is 7.89. The lowest BCUT2D eigenvalue weighted by Crippen LogP contribution is -2.38. The molecule has 35 heavy (non-hydrogen) atoms. The van der Waals surface area contributed by atoms with Crippen LogP contribution in [0, 0.1) is 11.7 Å². The molecular formula is C24H29FN6O3S. The Bertz CT molecular complexity index is 1350. The van der Waals surface area contributed by atoms with Crippen molar-refractivity contribution in [2.75, 3.05) is 17.6 Å². The number of benzene rings is 1. The van der Waals surface area contributed by atoms with Crippen molar-refractivity contribution in [3.63, 3.8) is 0 Å². The SMILES string of the molecule is CC(C)CS(=O)(=O)N1CCc2cc(F)c(C(=O)Nc3cccc(-c4nncn4C(C)C)n3)cc2C1. The van der Waals surface area contributed by atoms with Crippen molar-refractivity contribution < 1.29 is 17.6 Å². The van der Waals surface area contributed by atoms with Gasteiger partial charge in [-0.05, 0) is 61.6 Å². The molecule has 186 valence electrons. The highest BCUT2D eigenvalue weighted by Crippen LogP contribution is 2.26. The van der Waals surface area contributed by atoms with Crippen LogP contribution in [0.5, 0.6) is 0 Å². The van der Waals surface area contributed by atoms with Gasteiger partial charge in [-0.3, -0.25) is 4.79 Å². The molecule has 0 aliphatic carbocycles. The number of hydrogen-bond acceptors (Lipinski definition) is 6. The van der Waals surface area contributed by atoms with Crippen LogP contribution in [-0.4, -0.2) is 50.7 Å². The lowest BCUT2D eigenvalue weighted by molar-refractivity contribution is 0.102. The first kappa shape index (κ1) is 24.9. The fourth-order valence-corrected chi connectivity index (χ4v) is 5.87. The fourth-order valence-electron chi connectivity index (χ4n) is 4.11. The number of hydrogen-bond donors (Lipinski definition) is 1. The highest BCUT2D eigenvalue weighted by atomic mass is 32.2. The summed E-state index contributed by atoms with van der Waals surface area (Å²) in [6.45, 7) is 8.10. The van der Waals surface area contributed by atoms with Gasteiger partial charge in [0.1, 0.15) is 23.7 Å². The summed E-state index contributed by atoms with van der Waals surface area (Å²) in [7, 11) is -3.44. The summed E-state index contributed by atoms with van der Waals surface area (Å²) in [6.07, 6.45) is 2.01. The number of carbonyl (C=O) groups is 1. The number of nitrogens with one attached hydrogen (secondary N) is 1. The normalized spacial score (nSPS) is 14.4. The van der Waals surface area contributed by atoms with Crippen molar-refractivity contribution in [1.82, 2.24) is 24.1 Å². The van der Waals surface area contributed by atoms with Gasteiger partial charge in [-0.2, -0.15) is 4.31 Å². The molecule has 3 heterocycles. The Labute approximate surface area is 204 Å². The van der Waals surface area contributed by atoms with Crippen molar-refractivity contribution in [1.29, 1.82) is 0 Å². The van der Waals surface area contributed by atoms with Gasteiger partial charge in [-0.1, -0.05) is 19.9 Å². The summed E-state index contributed by atoms with van der Waals surface area (Å²) in [5.74, 6) is -0.488. The average Bonchev–Trinajstić information content (AvgIpc) is 3.28. The molecule has 0 bridgehead atoms. The van der Waals surface area contributed by atoms with Crippen molar-refractivity contribution in [2.45, 2.75) is 46.7 Å². The standard InChI is InChI=1S/C24H29FN6O3S/c1-15(2)13-35(33,34)30-9-8-17-11-20(25)19(10-18(17)12-30)24(32)28-22-7-5-6-21(27-22)23-29-26-14-31(23)16(3)4/h5-7,10-11,14-16H,8-9,12-13H2,1-4H3,(H,27,28,32). The predicted molar refractivity (Wildman–Crippen MR) is 131 cm³/mol. The smallest absolute Gasteiger partial charge is 0.259 e. The summed E-state index contributed by atoms with van der Waals surface area (Å²) in [5.41, 5.74) is 1.69. The quantitative estimate of drug-likeness (QED) is 0.530. The molecule has 2 aromatic heterocycles. The highest BCUT2D eigenvalue weighted by Gasteiger charge is 2.29. The van der Waals surface area contributed by atoms with Crippen LogP contribution in [-0.2, 0) is 23.0 Å². The Hall–Kier alpha value is -3.18. The Morgan fingerprint density at radius 2 is 1.94 bits per heavy atom. The monoisotopic (exact) mass is 500 g/mol. The second kappa shape index (κ2) is 9.82. The molecule has 1 aromatic carbocycles. The van der Waals surface area contributed by atoms with Crippen LogP contribution < -0.4 is 5.32 Å². The summed E-state index contributed by atoms with van der Waals surface area (Å²) in [5, 5.41) is 10.7. The summed E-state index contributed by atoms with van der Waals surface area (Å²) in [4.78, 5) is 17.4. The number of aromatic nitrogens is 4. The van der Waals surface area contributed by atoms with Gasteiger partial charge in [0.05, 0.1) is 11.3 Å². The van der Waals surface area contributed by atoms with Crippen LogP contribution in [0.25, 0.3) is 11.5 Å². The van der Waals surface area contributed by atoms with E-state index in [2.05, 4.69) is 20.5 Å². The Morgan fingerprint density at radius 1 is 1.17 bits per heavy atom. The van der Waals surface area contributed by atoms with Crippen LogP contribution >= 0.6 is 0 Å². The number of pyridine rings is 1. The molecule has 0 spiro atoms. The van der Waals surface area contributed by atoms with E-state index < -0.39 is 21.7 Å². The molecule has 11 heteroatoms. The third-order valence-corrected chi connectivity index (χ3v) is 7.98. The molecule has 0 saturated carbocycles. The largest absolute Gasteiger partial charge is 0.310 e. The minimum atomic E-state index is -3.44. The van der Waals surface area contributed by atoms with Crippen LogP contribution in [0.1, 0.15) is 55.2 Å². The maximum atomic E-state index is 14.8. The van der Waals surface area contributed by atoms with E-state index in [4.69, 9.17) is 0 Å². The van der Waals surface area contributed by atoms with Crippen molar-refractivity contribution in [2.24, 2.45) is 5.92 Å². The van der Waals surface area contributed by atoms with Crippen molar-refractivity contribution in [3.8, 4) is 11.5 Å². The minimum absolute atomic E-state index is 0.00593. The number of anilines is 1. The zero-order chi connectivity index (χ0) is 25.3. The Morgan fingerprint density at radius 3 is 2.66 bits per heavy atom. The number of halogens is 1. The second-order valence-electron chi connectivity index (χ2n) is 9.37. The fraction of sp³-hybridized carbons (Fsp3) is 0.417. The van der Waals surface area contributed by atoms with E-state index in [1.54, 1.807) is 24.5 Å². The zero-order valence-electron chi connectivity index (χ0n) is 20.2. The van der Waals surface area contributed by atoms with Gasteiger partial charge in [-0.15, -0.1) is 10.2 Å². The van der Waals surface area contributed by atoms with E-state index in [9.17, 15) is 17.6 Å². The molecule has 0 radical (unpaired) electrons. The molecule has 0 saturated heterocycles. The molecule has 0 atom stereocenters. The zero-order valence-corrected chi connectivity index (χ0v) is 21.0. The van der Waals surface area contributed by atoms with E-state index >= 15 is 0 Å². The van der Waals surface area contributed by atoms with Crippen LogP contribution in [0.15, 0.2) is 36.7 Å². The van der Waals surface area contributed by atoms with Gasteiger partial charge >= 0.3 is 0 Å². The lowest BCUT2D eigenvalue weighted by Gasteiger charge is -2.29. The van der Waals surface area contributed by atoms with Gasteiger partial charge < -0.3 is 9.88 Å². The summed E-state index contributed by atoms with van der Waals surface area (Å²) >= 11 is 0. The number of nitrogens with zero attached hydrogens (tertiary/aromatic N) is 5. The van der Waals surface area contributed by atoms with Crippen LogP contribution in [0.4, 0.5) is 10.2 Å². The molecule has 3 aromatic rings. The molecule has 1 N–H and O–H groups in total. The third-order valence-electron chi connectivity index (χ3n) is 5.80. The number of rotatable bonds is 7. The van der Waals surface area contributed by atoms with E-state index in [1.165, 1.54) is 16.4 Å². The van der Waals surface area contributed by atoms with Crippen molar-refractivity contribution in [3.05, 3.63) is 59.2 Å². The average molecular weight is 501 g/mol. The van der Waals surface area contributed by atoms with Gasteiger partial charge in [0.2, 0.25) is 10.0 Å². The third kappa shape index (κ3) is 5.40. The van der Waals surface area contributed by atoms with Crippen LogP contribution in [0.3, 0.4) is 0 Å². The minimum Gasteiger partial charge on any atom is -0.310 e. The molecule has 1 amide bonds. The molecule has 1 aliphatic rings. The van der Waals surface area contributed by atoms with Crippen molar-refractivity contribution >= 4 is 21.7 Å². The van der Waals surface area contributed by atoms with Crippen LogP contribution in [0.2, 0.25) is 0 Å². The predicted octanol–water partition coefficient (Wildman–Crippen LogP) is 3.66. The molecule has 9 nitrogen and oxygen atoms in total. The van der Waals surface area contributed by atoms with E-state index in [1.807, 2.05) is 32.3 Å². The summed E-state index contributed by atoms with van der Waals surface area (Å²) < 4.78 is 43.5. The topological polar surface area (TPSA) is 110 Å². The Balaban J connectivity index is 1.57. The molecule has 0 unspecified atom stereocenters. The first-order valence-corrected chi connectivity index (χ1v) is 13.1.